The molecule has 12 heavy (non-hydrogen) atoms. The van der Waals surface area contributed by atoms with Crippen molar-refractivity contribution < 1.29 is 19.7 Å². The molecule has 3 unspecified atom stereocenters. The Kier molecular flexibility index (Phi) is 5.49. The van der Waals surface area contributed by atoms with Crippen molar-refractivity contribution in [1.29, 1.82) is 0 Å². The fourth-order valence-corrected chi connectivity index (χ4v) is 0.536. The largest absolute Gasteiger partial charge is 0.391 e. The number of nitrogens with zero attached hydrogens (tertiary/aromatic N) is 1. The summed E-state index contributed by atoms with van der Waals surface area (Å²) in [6.07, 6.45) is -1.20. The second-order valence-electron chi connectivity index (χ2n) is 2.52. The van der Waals surface area contributed by atoms with Gasteiger partial charge >= 0.3 is 0 Å². The molecule has 0 bridgehead atoms. The van der Waals surface area contributed by atoms with Crippen LogP contribution in [0.25, 0.3) is 0 Å². The number of hydrogen-bond acceptors (Lipinski definition) is 5. The third-order valence-electron chi connectivity index (χ3n) is 1.21. The molecule has 0 spiro atoms. The molecule has 0 saturated heterocycles. The maximum Gasteiger partial charge on any atom is 0.237 e. The molecule has 0 saturated carbocycles. The van der Waals surface area contributed by atoms with E-state index in [2.05, 4.69) is 4.99 Å². The Morgan fingerprint density at radius 3 is 2.50 bits per heavy atom. The van der Waals surface area contributed by atoms with Crippen LogP contribution in [0.4, 0.5) is 0 Å². The minimum Gasteiger partial charge on any atom is -0.391 e. The van der Waals surface area contributed by atoms with Gasteiger partial charge in [-0.2, -0.15) is 4.99 Å². The molecule has 0 aliphatic rings. The van der Waals surface area contributed by atoms with Crippen LogP contribution in [0.3, 0.4) is 0 Å². The summed E-state index contributed by atoms with van der Waals surface area (Å²) in [5, 5.41) is 17.8. The fourth-order valence-electron chi connectivity index (χ4n) is 0.536. The maximum absolute atomic E-state index is 9.70. The van der Waals surface area contributed by atoms with Gasteiger partial charge in [0.05, 0.1) is 12.7 Å². The molecule has 0 heterocycles. The van der Waals surface area contributed by atoms with E-state index in [0.717, 1.165) is 0 Å². The first-order valence-electron chi connectivity index (χ1n) is 3.62. The first-order chi connectivity index (χ1) is 5.57. The van der Waals surface area contributed by atoms with Crippen molar-refractivity contribution in [2.24, 2.45) is 4.99 Å². The van der Waals surface area contributed by atoms with Crippen LogP contribution in [0.1, 0.15) is 13.8 Å². The maximum atomic E-state index is 9.70. The van der Waals surface area contributed by atoms with Gasteiger partial charge in [0.1, 0.15) is 6.10 Å². The van der Waals surface area contributed by atoms with Gasteiger partial charge in [-0.25, -0.2) is 4.79 Å². The van der Waals surface area contributed by atoms with E-state index in [4.69, 9.17) is 14.9 Å². The smallest absolute Gasteiger partial charge is 0.237 e. The lowest BCUT2D eigenvalue weighted by molar-refractivity contribution is -0.0506. The molecule has 0 rings (SSSR count). The molecule has 5 nitrogen and oxygen atoms in total. The lowest BCUT2D eigenvalue weighted by Crippen LogP contribution is -2.27. The molecule has 0 radical (unpaired) electrons. The van der Waals surface area contributed by atoms with Crippen LogP contribution in [0.2, 0.25) is 0 Å². The van der Waals surface area contributed by atoms with Crippen LogP contribution >= 0.6 is 0 Å². The number of ether oxygens (including phenoxy) is 1. The van der Waals surface area contributed by atoms with Crippen LogP contribution in [0, 0.1) is 0 Å². The molecule has 3 atom stereocenters. The lowest BCUT2D eigenvalue weighted by atomic mass is 10.3. The number of rotatable bonds is 5. The van der Waals surface area contributed by atoms with Crippen molar-refractivity contribution in [3.8, 4) is 0 Å². The van der Waals surface area contributed by atoms with E-state index in [1.165, 1.54) is 6.08 Å². The zero-order valence-corrected chi connectivity index (χ0v) is 7.10. The molecular formula is C7H13NO4. The van der Waals surface area contributed by atoms with Gasteiger partial charge < -0.3 is 14.9 Å². The lowest BCUT2D eigenvalue weighted by Gasteiger charge is -2.15. The Morgan fingerprint density at radius 1 is 1.50 bits per heavy atom. The van der Waals surface area contributed by atoms with E-state index in [9.17, 15) is 4.79 Å². The number of carbonyl (C=O) groups excluding carboxylic acids is 1. The highest BCUT2D eigenvalue weighted by Gasteiger charge is 2.13. The van der Waals surface area contributed by atoms with E-state index in [1.807, 2.05) is 0 Å². The minimum absolute atomic E-state index is 0.104. The van der Waals surface area contributed by atoms with Crippen molar-refractivity contribution in [1.82, 2.24) is 0 Å². The summed E-state index contributed by atoms with van der Waals surface area (Å²) in [7, 11) is 0. The number of aliphatic hydroxyl groups excluding tert-OH is 2. The summed E-state index contributed by atoms with van der Waals surface area (Å²) >= 11 is 0. The summed E-state index contributed by atoms with van der Waals surface area (Å²) in [5.41, 5.74) is 0. The van der Waals surface area contributed by atoms with Crippen molar-refractivity contribution >= 4 is 6.08 Å². The molecule has 0 aliphatic carbocycles. The van der Waals surface area contributed by atoms with Crippen LogP contribution in [-0.4, -0.2) is 41.3 Å². The highest BCUT2D eigenvalue weighted by atomic mass is 16.5. The summed E-state index contributed by atoms with van der Waals surface area (Å²) < 4.78 is 4.95. The van der Waals surface area contributed by atoms with E-state index >= 15 is 0 Å². The monoisotopic (exact) mass is 175 g/mol. The summed E-state index contributed by atoms with van der Waals surface area (Å²) in [6.45, 7) is 3.21. The predicted octanol–water partition coefficient (Wildman–Crippen LogP) is -0.574. The first-order valence-corrected chi connectivity index (χ1v) is 3.62. The summed E-state index contributed by atoms with van der Waals surface area (Å²) in [6, 6.07) is 0. The third-order valence-corrected chi connectivity index (χ3v) is 1.21. The number of aliphatic hydroxyl groups is 2. The third kappa shape index (κ3) is 4.98. The highest BCUT2D eigenvalue weighted by Crippen LogP contribution is 1.99. The quantitative estimate of drug-likeness (QED) is 0.433. The van der Waals surface area contributed by atoms with Crippen molar-refractivity contribution in [2.45, 2.75) is 32.3 Å². The topological polar surface area (TPSA) is 79.1 Å². The number of aliphatic imine (C=N–C) groups is 1. The number of isocyanates is 1. The molecular weight excluding hydrogens is 162 g/mol. The Morgan fingerprint density at radius 2 is 2.08 bits per heavy atom. The second-order valence-corrected chi connectivity index (χ2v) is 2.52. The minimum atomic E-state index is -1.21. The number of hydrogen-bond donors (Lipinski definition) is 2. The molecule has 0 aliphatic heterocycles. The first kappa shape index (κ1) is 11.3. The van der Waals surface area contributed by atoms with Crippen LogP contribution in [-0.2, 0) is 9.53 Å². The van der Waals surface area contributed by atoms with Crippen LogP contribution < -0.4 is 0 Å². The molecule has 0 aromatic carbocycles. The van der Waals surface area contributed by atoms with E-state index < -0.39 is 18.4 Å². The van der Waals surface area contributed by atoms with Gasteiger partial charge in [0.15, 0.2) is 6.23 Å². The molecule has 2 N–H and O–H groups in total. The zero-order valence-electron chi connectivity index (χ0n) is 7.10. The standard InChI is InChI=1S/C7H13NO4/c1-5(10)3-12-6(2)7(11)8-4-9/h5-7,10-11H,3H2,1-2H3. The zero-order chi connectivity index (χ0) is 9.56. The van der Waals surface area contributed by atoms with Gasteiger partial charge in [0, 0.05) is 0 Å². The average molecular weight is 175 g/mol. The normalized spacial score (nSPS) is 17.7. The van der Waals surface area contributed by atoms with Crippen molar-refractivity contribution in [3.63, 3.8) is 0 Å². The Bertz CT molecular complexity index is 165. The Labute approximate surface area is 70.7 Å². The predicted molar refractivity (Wildman–Crippen MR) is 41.2 cm³/mol. The van der Waals surface area contributed by atoms with Gasteiger partial charge in [-0.1, -0.05) is 0 Å². The van der Waals surface area contributed by atoms with E-state index in [-0.39, 0.29) is 6.61 Å². The molecule has 0 fully saturated rings. The average Bonchev–Trinajstić information content (AvgIpc) is 2.00. The van der Waals surface area contributed by atoms with Gasteiger partial charge in [-0.05, 0) is 13.8 Å². The van der Waals surface area contributed by atoms with Crippen LogP contribution in [0.5, 0.6) is 0 Å². The molecule has 70 valence electrons. The van der Waals surface area contributed by atoms with Gasteiger partial charge in [0.25, 0.3) is 0 Å². The second kappa shape index (κ2) is 5.85. The van der Waals surface area contributed by atoms with Crippen LogP contribution in [0.15, 0.2) is 4.99 Å². The molecule has 0 aromatic heterocycles. The Balaban J connectivity index is 3.70. The molecule has 0 aromatic rings. The molecule has 5 heteroatoms. The highest BCUT2D eigenvalue weighted by molar-refractivity contribution is 5.33. The van der Waals surface area contributed by atoms with Gasteiger partial charge in [-0.3, -0.25) is 0 Å². The SMILES string of the molecule is CC(O)COC(C)C(O)N=C=O. The van der Waals surface area contributed by atoms with Crippen molar-refractivity contribution in [2.75, 3.05) is 6.61 Å². The van der Waals surface area contributed by atoms with Crippen molar-refractivity contribution in [3.05, 3.63) is 0 Å². The summed E-state index contributed by atoms with van der Waals surface area (Å²) in [5.74, 6) is 0. The van der Waals surface area contributed by atoms with E-state index in [1.54, 1.807) is 13.8 Å². The molecule has 0 amide bonds. The van der Waals surface area contributed by atoms with E-state index in [0.29, 0.717) is 0 Å². The fraction of sp³-hybridized carbons (Fsp3) is 0.857. The Hall–Kier alpha value is -0.740. The summed E-state index contributed by atoms with van der Waals surface area (Å²) in [4.78, 5) is 12.7. The van der Waals surface area contributed by atoms with Gasteiger partial charge in [-0.15, -0.1) is 0 Å². The van der Waals surface area contributed by atoms with Gasteiger partial charge in [0.2, 0.25) is 6.08 Å².